The predicted molar refractivity (Wildman–Crippen MR) is 178 cm³/mol. The lowest BCUT2D eigenvalue weighted by atomic mass is 9.57. The maximum absolute atomic E-state index is 16.6. The van der Waals surface area contributed by atoms with Crippen molar-refractivity contribution in [3.8, 4) is 28.3 Å². The number of halogens is 1. The second-order valence-electron chi connectivity index (χ2n) is 14.0. The summed E-state index contributed by atoms with van der Waals surface area (Å²) in [6.45, 7) is 11.4. The molecule has 228 valence electrons. The van der Waals surface area contributed by atoms with Crippen LogP contribution < -0.4 is 13.9 Å². The first-order chi connectivity index (χ1) is 21.8. The zero-order chi connectivity index (χ0) is 31.3. The first-order valence-corrected chi connectivity index (χ1v) is 16.8. The minimum absolute atomic E-state index is 0.109. The molecule has 0 fully saturated rings. The number of hydrogen-bond donors (Lipinski definition) is 0. The van der Waals surface area contributed by atoms with Gasteiger partial charge in [0, 0.05) is 47.6 Å². The molecule has 4 heterocycles. The summed E-state index contributed by atoms with van der Waals surface area (Å²) in [5.74, 6) is 0.751. The highest BCUT2D eigenvalue weighted by atomic mass is 19.1. The number of rotatable bonds is 6. The number of aryl methyl sites for hydroxylation is 1. The van der Waals surface area contributed by atoms with Crippen molar-refractivity contribution in [2.45, 2.75) is 89.6 Å². The van der Waals surface area contributed by atoms with E-state index in [0.717, 1.165) is 55.4 Å². The van der Waals surface area contributed by atoms with E-state index in [9.17, 15) is 0 Å². The molecule has 3 nitrogen and oxygen atoms in total. The molecule has 1 spiro atoms. The van der Waals surface area contributed by atoms with E-state index in [1.54, 1.807) is 13.2 Å². The molecule has 0 bridgehead atoms. The fourth-order valence-electron chi connectivity index (χ4n) is 9.68. The van der Waals surface area contributed by atoms with Crippen molar-refractivity contribution in [2.75, 3.05) is 7.11 Å². The van der Waals surface area contributed by atoms with E-state index >= 15 is 4.39 Å². The van der Waals surface area contributed by atoms with Crippen molar-refractivity contribution >= 4 is 10.8 Å². The van der Waals surface area contributed by atoms with Gasteiger partial charge in [-0.05, 0) is 65.3 Å². The topological polar surface area (TPSA) is 17.0 Å². The SMILES string of the molecule is CCCCc1cc2c3c4[n+](ccc3c1)C(CC)(CC)C1(Cc3ccc(OC)cc3-c3cccc[n+]31)c1ccc(F)c(c1-4)C2(C)C. The monoisotopic (exact) mass is 598 g/mol. The highest BCUT2D eigenvalue weighted by molar-refractivity contribution is 6.01. The quantitative estimate of drug-likeness (QED) is 0.179. The second kappa shape index (κ2) is 9.72. The summed E-state index contributed by atoms with van der Waals surface area (Å²) in [6, 6.07) is 24.1. The molecule has 2 aliphatic heterocycles. The molecule has 1 unspecified atom stereocenters. The lowest BCUT2D eigenvalue weighted by Gasteiger charge is -2.49. The third kappa shape index (κ3) is 3.41. The van der Waals surface area contributed by atoms with Gasteiger partial charge in [0.15, 0.2) is 12.4 Å². The summed E-state index contributed by atoms with van der Waals surface area (Å²) in [6.07, 6.45) is 10.6. The molecular weight excluding hydrogens is 555 g/mol. The van der Waals surface area contributed by atoms with Crippen LogP contribution in [0.5, 0.6) is 5.75 Å². The molecule has 3 aromatic carbocycles. The molecular formula is C41H43FN2O+2. The van der Waals surface area contributed by atoms with Gasteiger partial charge in [0.2, 0.25) is 16.9 Å². The van der Waals surface area contributed by atoms with Gasteiger partial charge in [0.1, 0.15) is 11.6 Å². The Morgan fingerprint density at radius 1 is 0.867 bits per heavy atom. The first-order valence-electron chi connectivity index (χ1n) is 16.8. The zero-order valence-electron chi connectivity index (χ0n) is 27.4. The number of nitrogens with zero attached hydrogens (tertiary/aromatic N) is 2. The maximum atomic E-state index is 16.6. The smallest absolute Gasteiger partial charge is 0.262 e. The van der Waals surface area contributed by atoms with E-state index in [2.05, 4.69) is 117 Å². The van der Waals surface area contributed by atoms with Crippen LogP contribution in [-0.4, -0.2) is 7.11 Å². The molecule has 3 aliphatic rings. The van der Waals surface area contributed by atoms with Crippen LogP contribution in [0.3, 0.4) is 0 Å². The van der Waals surface area contributed by atoms with Crippen molar-refractivity contribution in [1.29, 1.82) is 0 Å². The summed E-state index contributed by atoms with van der Waals surface area (Å²) < 4.78 is 27.4. The van der Waals surface area contributed by atoms with E-state index in [0.29, 0.717) is 0 Å². The Bertz CT molecular complexity index is 2040. The predicted octanol–water partition coefficient (Wildman–Crippen LogP) is 8.71. The molecule has 4 heteroatoms. The van der Waals surface area contributed by atoms with Crippen LogP contribution >= 0.6 is 0 Å². The van der Waals surface area contributed by atoms with E-state index in [4.69, 9.17) is 4.74 Å². The first kappa shape index (κ1) is 28.4. The molecule has 2 aromatic heterocycles. The molecule has 1 aliphatic carbocycles. The molecule has 0 N–H and O–H groups in total. The number of methoxy groups -OCH3 is 1. The Morgan fingerprint density at radius 3 is 2.44 bits per heavy atom. The van der Waals surface area contributed by atoms with Crippen molar-refractivity contribution in [3.05, 3.63) is 113 Å². The number of hydrogen-bond acceptors (Lipinski definition) is 1. The minimum atomic E-state index is -0.494. The third-order valence-electron chi connectivity index (χ3n) is 11.8. The molecule has 0 radical (unpaired) electrons. The van der Waals surface area contributed by atoms with E-state index in [1.807, 2.05) is 0 Å². The molecule has 5 aromatic rings. The Labute approximate surface area is 266 Å². The van der Waals surface area contributed by atoms with Crippen LogP contribution in [-0.2, 0) is 29.3 Å². The van der Waals surface area contributed by atoms with Gasteiger partial charge < -0.3 is 4.74 Å². The Hall–Kier alpha value is -4.05. The van der Waals surface area contributed by atoms with Crippen LogP contribution in [0.2, 0.25) is 0 Å². The van der Waals surface area contributed by atoms with E-state index in [1.165, 1.54) is 50.0 Å². The number of aromatic nitrogens is 2. The number of unbranched alkanes of at least 4 members (excludes halogenated alkanes) is 1. The summed E-state index contributed by atoms with van der Waals surface area (Å²) in [5, 5.41) is 2.56. The largest absolute Gasteiger partial charge is 0.497 e. The number of fused-ring (bicyclic) bond motifs is 5. The third-order valence-corrected chi connectivity index (χ3v) is 11.8. The zero-order valence-corrected chi connectivity index (χ0v) is 27.4. The van der Waals surface area contributed by atoms with Crippen LogP contribution in [0.15, 0.2) is 79.1 Å². The maximum Gasteiger partial charge on any atom is 0.262 e. The van der Waals surface area contributed by atoms with E-state index in [-0.39, 0.29) is 11.4 Å². The van der Waals surface area contributed by atoms with Crippen LogP contribution in [0, 0.1) is 5.82 Å². The average molecular weight is 599 g/mol. The molecule has 0 saturated carbocycles. The van der Waals surface area contributed by atoms with Crippen molar-refractivity contribution < 1.29 is 18.3 Å². The van der Waals surface area contributed by atoms with Gasteiger partial charge in [-0.3, -0.25) is 0 Å². The lowest BCUT2D eigenvalue weighted by molar-refractivity contribution is -0.867. The molecule has 0 saturated heterocycles. The average Bonchev–Trinajstić information content (AvgIpc) is 3.06. The fourth-order valence-corrected chi connectivity index (χ4v) is 9.68. The van der Waals surface area contributed by atoms with Gasteiger partial charge in [0.05, 0.1) is 30.0 Å². The summed E-state index contributed by atoms with van der Waals surface area (Å²) in [5.41, 5.74) is 9.36. The Morgan fingerprint density at radius 2 is 1.69 bits per heavy atom. The normalized spacial score (nSPS) is 19.4. The van der Waals surface area contributed by atoms with Gasteiger partial charge in [-0.1, -0.05) is 59.2 Å². The second-order valence-corrected chi connectivity index (χ2v) is 14.0. The number of benzene rings is 3. The van der Waals surface area contributed by atoms with Gasteiger partial charge in [-0.25, -0.2) is 4.39 Å². The lowest BCUT2D eigenvalue weighted by Crippen LogP contribution is -2.81. The van der Waals surface area contributed by atoms with E-state index < -0.39 is 11.0 Å². The number of ether oxygens (including phenoxy) is 1. The van der Waals surface area contributed by atoms with Crippen LogP contribution in [0.25, 0.3) is 33.3 Å². The van der Waals surface area contributed by atoms with Gasteiger partial charge >= 0.3 is 0 Å². The van der Waals surface area contributed by atoms with Crippen LogP contribution in [0.4, 0.5) is 4.39 Å². The summed E-state index contributed by atoms with van der Waals surface area (Å²) >= 11 is 0. The minimum Gasteiger partial charge on any atom is -0.497 e. The van der Waals surface area contributed by atoms with Crippen molar-refractivity contribution in [3.63, 3.8) is 0 Å². The summed E-state index contributed by atoms with van der Waals surface area (Å²) in [7, 11) is 1.73. The van der Waals surface area contributed by atoms with Crippen LogP contribution in [0.1, 0.15) is 88.1 Å². The van der Waals surface area contributed by atoms with Gasteiger partial charge in [-0.2, -0.15) is 9.13 Å². The molecule has 45 heavy (non-hydrogen) atoms. The molecule has 8 rings (SSSR count). The molecule has 0 amide bonds. The highest BCUT2D eigenvalue weighted by Crippen LogP contribution is 2.59. The van der Waals surface area contributed by atoms with Crippen molar-refractivity contribution in [1.82, 2.24) is 0 Å². The van der Waals surface area contributed by atoms with Crippen molar-refractivity contribution in [2.24, 2.45) is 0 Å². The summed E-state index contributed by atoms with van der Waals surface area (Å²) in [4.78, 5) is 0. The Balaban J connectivity index is 1.55. The standard InChI is InChI=1S/C41H43FN2O/c1-7-10-13-26-22-27-19-21-44-38-35(27)32(23-26)39(4,5)37-33(42)18-17-31(36(37)38)41(40(44,8-2)9-3)25-28-15-16-29(45-6)24-30(28)34-14-11-12-20-43(34)41/h11-12,14-24H,7-10,13,25H2,1-6H3/q+2. The van der Waals surface area contributed by atoms with Gasteiger partial charge in [0.25, 0.3) is 5.54 Å². The highest BCUT2D eigenvalue weighted by Gasteiger charge is 2.71. The fraction of sp³-hybridized carbons (Fsp3) is 0.366. The molecule has 1 atom stereocenters. The van der Waals surface area contributed by atoms with Gasteiger partial charge in [-0.15, -0.1) is 0 Å². The Kier molecular flexibility index (Phi) is 6.14. The number of pyridine rings is 2.